The first-order chi connectivity index (χ1) is 8.74. The molecule has 1 N–H and O–H groups in total. The molecule has 4 nitrogen and oxygen atoms in total. The molecule has 0 radical (unpaired) electrons. The van der Waals surface area contributed by atoms with Crippen LogP contribution in [-0.4, -0.2) is 23.8 Å². The van der Waals surface area contributed by atoms with E-state index in [-0.39, 0.29) is 12.5 Å². The Morgan fingerprint density at radius 3 is 2.89 bits per heavy atom. The minimum atomic E-state index is -0.0241. The summed E-state index contributed by atoms with van der Waals surface area (Å²) >= 11 is 0. The molecule has 0 fully saturated rings. The molecule has 1 heterocycles. The van der Waals surface area contributed by atoms with E-state index in [2.05, 4.69) is 4.98 Å². The number of para-hydroxylation sites is 1. The largest absolute Gasteiger partial charge is 0.496 e. The molecule has 2 aromatic rings. The molecular weight excluding hydrogens is 230 g/mol. The molecule has 0 spiro atoms. The van der Waals surface area contributed by atoms with E-state index >= 15 is 0 Å². The fourth-order valence-electron chi connectivity index (χ4n) is 1.74. The van der Waals surface area contributed by atoms with Crippen LogP contribution in [0.2, 0.25) is 0 Å². The summed E-state index contributed by atoms with van der Waals surface area (Å²) < 4.78 is 10.9. The van der Waals surface area contributed by atoms with Crippen LogP contribution in [0.3, 0.4) is 0 Å². The first-order valence-corrected chi connectivity index (χ1v) is 5.92. The van der Waals surface area contributed by atoms with E-state index in [9.17, 15) is 0 Å². The third kappa shape index (κ3) is 2.71. The molecule has 0 aliphatic rings. The van der Waals surface area contributed by atoms with Gasteiger partial charge in [-0.25, -0.2) is 4.98 Å². The van der Waals surface area contributed by atoms with Crippen molar-refractivity contribution in [2.75, 3.05) is 13.7 Å². The van der Waals surface area contributed by atoms with Crippen LogP contribution in [0.4, 0.5) is 0 Å². The standard InChI is InChI=1S/C14H17NO3/c1-10(9-16)13-8-15-14(18-13)7-11-5-3-4-6-12(11)17-2/h3-6,8,10,16H,7,9H2,1-2H3. The van der Waals surface area contributed by atoms with Gasteiger partial charge in [0.15, 0.2) is 5.89 Å². The average Bonchev–Trinajstić information content (AvgIpc) is 2.87. The van der Waals surface area contributed by atoms with Gasteiger partial charge in [-0.2, -0.15) is 0 Å². The summed E-state index contributed by atoms with van der Waals surface area (Å²) in [5.41, 5.74) is 1.03. The Balaban J connectivity index is 2.16. The number of methoxy groups -OCH3 is 1. The molecule has 18 heavy (non-hydrogen) atoms. The number of oxazole rings is 1. The van der Waals surface area contributed by atoms with Crippen molar-refractivity contribution < 1.29 is 14.3 Å². The Hall–Kier alpha value is -1.81. The molecule has 0 saturated carbocycles. The molecule has 0 aliphatic carbocycles. The second kappa shape index (κ2) is 5.69. The van der Waals surface area contributed by atoms with Gasteiger partial charge in [-0.3, -0.25) is 0 Å². The lowest BCUT2D eigenvalue weighted by Gasteiger charge is -2.06. The smallest absolute Gasteiger partial charge is 0.198 e. The fourth-order valence-corrected chi connectivity index (χ4v) is 1.74. The summed E-state index contributed by atoms with van der Waals surface area (Å²) in [5.74, 6) is 2.15. The molecule has 1 unspecified atom stereocenters. The number of nitrogens with zero attached hydrogens (tertiary/aromatic N) is 1. The Bertz CT molecular complexity index is 507. The van der Waals surface area contributed by atoms with Crippen molar-refractivity contribution in [2.45, 2.75) is 19.3 Å². The van der Waals surface area contributed by atoms with Gasteiger partial charge in [0, 0.05) is 11.5 Å². The van der Waals surface area contributed by atoms with Gasteiger partial charge in [-0.05, 0) is 6.07 Å². The second-order valence-corrected chi connectivity index (χ2v) is 4.23. The zero-order valence-corrected chi connectivity index (χ0v) is 10.6. The number of hydrogen-bond acceptors (Lipinski definition) is 4. The van der Waals surface area contributed by atoms with Gasteiger partial charge in [0.2, 0.25) is 0 Å². The van der Waals surface area contributed by atoms with Gasteiger partial charge in [0.05, 0.1) is 26.3 Å². The van der Waals surface area contributed by atoms with Crippen molar-refractivity contribution in [2.24, 2.45) is 0 Å². The number of hydrogen-bond donors (Lipinski definition) is 1. The molecular formula is C14H17NO3. The van der Waals surface area contributed by atoms with E-state index < -0.39 is 0 Å². The Labute approximate surface area is 106 Å². The summed E-state index contributed by atoms with van der Waals surface area (Å²) in [5, 5.41) is 9.06. The quantitative estimate of drug-likeness (QED) is 0.881. The maximum atomic E-state index is 9.06. The van der Waals surface area contributed by atoms with Crippen molar-refractivity contribution in [1.82, 2.24) is 4.98 Å². The monoisotopic (exact) mass is 247 g/mol. The van der Waals surface area contributed by atoms with Crippen LogP contribution < -0.4 is 4.74 Å². The van der Waals surface area contributed by atoms with E-state index in [0.29, 0.717) is 18.1 Å². The highest BCUT2D eigenvalue weighted by atomic mass is 16.5. The predicted octanol–water partition coefficient (Wildman–Crippen LogP) is 2.37. The molecule has 2 rings (SSSR count). The molecule has 0 saturated heterocycles. The van der Waals surface area contributed by atoms with E-state index in [1.54, 1.807) is 13.3 Å². The van der Waals surface area contributed by atoms with Gasteiger partial charge in [0.25, 0.3) is 0 Å². The first kappa shape index (κ1) is 12.6. The summed E-state index contributed by atoms with van der Waals surface area (Å²) in [4.78, 5) is 4.22. The maximum Gasteiger partial charge on any atom is 0.198 e. The summed E-state index contributed by atoms with van der Waals surface area (Å²) in [7, 11) is 1.65. The van der Waals surface area contributed by atoms with Gasteiger partial charge in [0.1, 0.15) is 11.5 Å². The predicted molar refractivity (Wildman–Crippen MR) is 67.8 cm³/mol. The number of ether oxygens (including phenoxy) is 1. The van der Waals surface area contributed by atoms with Crippen LogP contribution in [0.5, 0.6) is 5.75 Å². The molecule has 4 heteroatoms. The molecule has 0 aliphatic heterocycles. The van der Waals surface area contributed by atoms with Crippen LogP contribution in [0, 0.1) is 0 Å². The normalized spacial score (nSPS) is 12.4. The lowest BCUT2D eigenvalue weighted by atomic mass is 10.1. The van der Waals surface area contributed by atoms with E-state index in [4.69, 9.17) is 14.3 Å². The zero-order valence-electron chi connectivity index (χ0n) is 10.6. The first-order valence-electron chi connectivity index (χ1n) is 5.92. The van der Waals surface area contributed by atoms with Crippen LogP contribution in [-0.2, 0) is 6.42 Å². The summed E-state index contributed by atoms with van der Waals surface area (Å²) in [6.07, 6.45) is 2.26. The van der Waals surface area contributed by atoms with E-state index in [1.165, 1.54) is 0 Å². The Kier molecular flexibility index (Phi) is 3.99. The SMILES string of the molecule is COc1ccccc1Cc1ncc(C(C)CO)o1. The van der Waals surface area contributed by atoms with Crippen molar-refractivity contribution >= 4 is 0 Å². The number of aliphatic hydroxyl groups is 1. The molecule has 96 valence electrons. The second-order valence-electron chi connectivity index (χ2n) is 4.23. The van der Waals surface area contributed by atoms with Gasteiger partial charge < -0.3 is 14.3 Å². The van der Waals surface area contributed by atoms with Crippen molar-refractivity contribution in [3.05, 3.63) is 47.7 Å². The van der Waals surface area contributed by atoms with Crippen molar-refractivity contribution in [3.63, 3.8) is 0 Å². The highest BCUT2D eigenvalue weighted by molar-refractivity contribution is 5.35. The Morgan fingerprint density at radius 1 is 1.39 bits per heavy atom. The molecule has 1 aromatic carbocycles. The minimum absolute atomic E-state index is 0.0241. The maximum absolute atomic E-state index is 9.06. The molecule has 0 bridgehead atoms. The number of rotatable bonds is 5. The molecule has 1 atom stereocenters. The van der Waals surface area contributed by atoms with Crippen molar-refractivity contribution in [1.29, 1.82) is 0 Å². The number of benzene rings is 1. The van der Waals surface area contributed by atoms with E-state index in [1.807, 2.05) is 31.2 Å². The van der Waals surface area contributed by atoms with Crippen molar-refractivity contribution in [3.8, 4) is 5.75 Å². The van der Waals surface area contributed by atoms with Gasteiger partial charge >= 0.3 is 0 Å². The van der Waals surface area contributed by atoms with Gasteiger partial charge in [-0.1, -0.05) is 25.1 Å². The third-order valence-electron chi connectivity index (χ3n) is 2.87. The van der Waals surface area contributed by atoms with Gasteiger partial charge in [-0.15, -0.1) is 0 Å². The minimum Gasteiger partial charge on any atom is -0.496 e. The Morgan fingerprint density at radius 2 is 2.17 bits per heavy atom. The highest BCUT2D eigenvalue weighted by Crippen LogP contribution is 2.22. The van der Waals surface area contributed by atoms with E-state index in [0.717, 1.165) is 11.3 Å². The zero-order chi connectivity index (χ0) is 13.0. The lowest BCUT2D eigenvalue weighted by molar-refractivity contribution is 0.255. The summed E-state index contributed by atoms with van der Waals surface area (Å²) in [6.45, 7) is 1.96. The van der Waals surface area contributed by atoms with Crippen LogP contribution in [0.25, 0.3) is 0 Å². The average molecular weight is 247 g/mol. The highest BCUT2D eigenvalue weighted by Gasteiger charge is 2.12. The lowest BCUT2D eigenvalue weighted by Crippen LogP contribution is -1.96. The topological polar surface area (TPSA) is 55.5 Å². The van der Waals surface area contributed by atoms with Crippen LogP contribution >= 0.6 is 0 Å². The third-order valence-corrected chi connectivity index (χ3v) is 2.87. The fraction of sp³-hybridized carbons (Fsp3) is 0.357. The molecule has 0 amide bonds. The van der Waals surface area contributed by atoms with Crippen LogP contribution in [0.15, 0.2) is 34.9 Å². The summed E-state index contributed by atoms with van der Waals surface area (Å²) in [6, 6.07) is 7.78. The van der Waals surface area contributed by atoms with Crippen LogP contribution in [0.1, 0.15) is 30.1 Å². The number of aliphatic hydroxyl groups excluding tert-OH is 1. The number of aromatic nitrogens is 1. The molecule has 1 aromatic heterocycles.